The molecule has 2 saturated heterocycles. The Hall–Kier alpha value is -0.0400. The van der Waals surface area contributed by atoms with E-state index in [2.05, 4.69) is 25.7 Å². The van der Waals surface area contributed by atoms with Crippen LogP contribution in [0.4, 0.5) is 0 Å². The molecular weight excluding hydrogens is 146 g/mol. The summed E-state index contributed by atoms with van der Waals surface area (Å²) in [7, 11) is 0. The molecule has 0 aliphatic carbocycles. The zero-order chi connectivity index (χ0) is 8.72. The number of hydrogen-bond donors (Lipinski definition) is 0. The summed E-state index contributed by atoms with van der Waals surface area (Å²) < 4.78 is 0. The van der Waals surface area contributed by atoms with Crippen LogP contribution < -0.4 is 0 Å². The van der Waals surface area contributed by atoms with Gasteiger partial charge in [-0.3, -0.25) is 4.90 Å². The zero-order valence-electron chi connectivity index (χ0n) is 8.59. The first-order chi connectivity index (χ1) is 5.68. The second kappa shape index (κ2) is 3.02. The van der Waals surface area contributed by atoms with Crippen LogP contribution in [-0.2, 0) is 0 Å². The Morgan fingerprint density at radius 2 is 1.58 bits per heavy atom. The SMILES string of the molecule is CC1C[C@H]2CC[C@@H](C1)N2C(C)C. The highest BCUT2D eigenvalue weighted by Gasteiger charge is 2.40. The third-order valence-electron chi connectivity index (χ3n) is 3.62. The van der Waals surface area contributed by atoms with Crippen molar-refractivity contribution in [3.8, 4) is 0 Å². The van der Waals surface area contributed by atoms with E-state index < -0.39 is 0 Å². The summed E-state index contributed by atoms with van der Waals surface area (Å²) in [5, 5.41) is 0. The minimum atomic E-state index is 0.773. The number of nitrogens with zero attached hydrogens (tertiary/aromatic N) is 1. The average molecular weight is 167 g/mol. The third kappa shape index (κ3) is 1.28. The largest absolute Gasteiger partial charge is 0.295 e. The van der Waals surface area contributed by atoms with Gasteiger partial charge in [-0.2, -0.15) is 0 Å². The van der Waals surface area contributed by atoms with Crippen molar-refractivity contribution in [3.05, 3.63) is 0 Å². The molecule has 12 heavy (non-hydrogen) atoms. The van der Waals surface area contributed by atoms with Crippen LogP contribution in [0.5, 0.6) is 0 Å². The van der Waals surface area contributed by atoms with E-state index in [0.29, 0.717) is 0 Å². The zero-order valence-corrected chi connectivity index (χ0v) is 8.59. The minimum absolute atomic E-state index is 0.773. The lowest BCUT2D eigenvalue weighted by Gasteiger charge is -2.40. The van der Waals surface area contributed by atoms with E-state index in [4.69, 9.17) is 0 Å². The highest BCUT2D eigenvalue weighted by molar-refractivity contribution is 4.95. The highest BCUT2D eigenvalue weighted by Crippen LogP contribution is 2.39. The molecule has 2 heterocycles. The van der Waals surface area contributed by atoms with E-state index in [1.54, 1.807) is 0 Å². The fourth-order valence-corrected chi connectivity index (χ4v) is 3.33. The van der Waals surface area contributed by atoms with Crippen LogP contribution in [0.25, 0.3) is 0 Å². The first-order valence-electron chi connectivity index (χ1n) is 5.46. The monoisotopic (exact) mass is 167 g/mol. The highest BCUT2D eigenvalue weighted by atomic mass is 15.2. The maximum absolute atomic E-state index is 2.76. The number of fused-ring (bicyclic) bond motifs is 2. The second-order valence-electron chi connectivity index (χ2n) is 5.00. The fourth-order valence-electron chi connectivity index (χ4n) is 3.33. The maximum atomic E-state index is 2.76. The fraction of sp³-hybridized carbons (Fsp3) is 1.00. The summed E-state index contributed by atoms with van der Waals surface area (Å²) in [6, 6.07) is 2.63. The number of rotatable bonds is 1. The average Bonchev–Trinajstić information content (AvgIpc) is 2.24. The van der Waals surface area contributed by atoms with Crippen molar-refractivity contribution in [2.45, 2.75) is 64.6 Å². The standard InChI is InChI=1S/C11H21N/c1-8(2)12-10-4-5-11(12)7-9(3)6-10/h8-11H,4-7H2,1-3H3/t9?,10-,11+. The molecule has 0 aromatic rings. The number of hydrogen-bond acceptors (Lipinski definition) is 1. The topological polar surface area (TPSA) is 3.24 Å². The first-order valence-corrected chi connectivity index (χ1v) is 5.46. The first kappa shape index (κ1) is 8.55. The molecule has 0 N–H and O–H groups in total. The van der Waals surface area contributed by atoms with Crippen molar-refractivity contribution >= 4 is 0 Å². The van der Waals surface area contributed by atoms with E-state index in [1.165, 1.54) is 25.7 Å². The molecule has 3 atom stereocenters. The Morgan fingerprint density at radius 3 is 2.00 bits per heavy atom. The molecule has 0 amide bonds. The van der Waals surface area contributed by atoms with Gasteiger partial charge in [-0.25, -0.2) is 0 Å². The van der Waals surface area contributed by atoms with E-state index in [9.17, 15) is 0 Å². The smallest absolute Gasteiger partial charge is 0.0104 e. The molecule has 2 aliphatic heterocycles. The van der Waals surface area contributed by atoms with Gasteiger partial charge in [-0.05, 0) is 45.4 Å². The molecule has 2 rings (SSSR count). The van der Waals surface area contributed by atoms with Gasteiger partial charge < -0.3 is 0 Å². The van der Waals surface area contributed by atoms with E-state index in [-0.39, 0.29) is 0 Å². The molecule has 1 nitrogen and oxygen atoms in total. The molecule has 0 aromatic heterocycles. The molecule has 0 aromatic carbocycles. The molecule has 0 spiro atoms. The lowest BCUT2D eigenvalue weighted by molar-refractivity contribution is 0.0786. The molecule has 2 fully saturated rings. The predicted octanol–water partition coefficient (Wildman–Crippen LogP) is 2.66. The van der Waals surface area contributed by atoms with Crippen LogP contribution >= 0.6 is 0 Å². The Labute approximate surface area is 76.1 Å². The summed E-state index contributed by atoms with van der Waals surface area (Å²) in [6.07, 6.45) is 5.84. The van der Waals surface area contributed by atoms with E-state index in [0.717, 1.165) is 24.0 Å². The molecule has 1 heteroatoms. The van der Waals surface area contributed by atoms with Gasteiger partial charge in [0.2, 0.25) is 0 Å². The molecular formula is C11H21N. The summed E-state index contributed by atoms with van der Waals surface area (Å²) in [5.41, 5.74) is 0. The summed E-state index contributed by atoms with van der Waals surface area (Å²) >= 11 is 0. The quantitative estimate of drug-likeness (QED) is 0.580. The molecule has 0 radical (unpaired) electrons. The van der Waals surface area contributed by atoms with Crippen molar-refractivity contribution in [1.82, 2.24) is 4.90 Å². The molecule has 2 aliphatic rings. The van der Waals surface area contributed by atoms with Gasteiger partial charge in [0.15, 0.2) is 0 Å². The Kier molecular flexibility index (Phi) is 2.16. The van der Waals surface area contributed by atoms with E-state index >= 15 is 0 Å². The van der Waals surface area contributed by atoms with Crippen molar-refractivity contribution < 1.29 is 0 Å². The van der Waals surface area contributed by atoms with Gasteiger partial charge in [0.05, 0.1) is 0 Å². The Morgan fingerprint density at radius 1 is 1.08 bits per heavy atom. The Bertz CT molecular complexity index is 150. The summed E-state index contributed by atoms with van der Waals surface area (Å²) in [6.45, 7) is 7.12. The number of piperidine rings is 1. The van der Waals surface area contributed by atoms with Crippen LogP contribution in [0.3, 0.4) is 0 Å². The molecule has 0 saturated carbocycles. The Balaban J connectivity index is 2.09. The van der Waals surface area contributed by atoms with Crippen LogP contribution in [0.2, 0.25) is 0 Å². The summed E-state index contributed by atoms with van der Waals surface area (Å²) in [4.78, 5) is 2.76. The normalized spacial score (nSPS) is 42.5. The van der Waals surface area contributed by atoms with Gasteiger partial charge in [-0.15, -0.1) is 0 Å². The van der Waals surface area contributed by atoms with Crippen LogP contribution in [0, 0.1) is 5.92 Å². The van der Waals surface area contributed by atoms with Crippen molar-refractivity contribution in [3.63, 3.8) is 0 Å². The van der Waals surface area contributed by atoms with Crippen molar-refractivity contribution in [1.29, 1.82) is 0 Å². The van der Waals surface area contributed by atoms with Crippen LogP contribution in [0.15, 0.2) is 0 Å². The van der Waals surface area contributed by atoms with Crippen molar-refractivity contribution in [2.24, 2.45) is 5.92 Å². The molecule has 70 valence electrons. The minimum Gasteiger partial charge on any atom is -0.295 e. The van der Waals surface area contributed by atoms with Crippen LogP contribution in [0.1, 0.15) is 46.5 Å². The van der Waals surface area contributed by atoms with Gasteiger partial charge >= 0.3 is 0 Å². The van der Waals surface area contributed by atoms with Crippen LogP contribution in [-0.4, -0.2) is 23.0 Å². The van der Waals surface area contributed by atoms with Gasteiger partial charge in [0, 0.05) is 18.1 Å². The lowest BCUT2D eigenvalue weighted by atomic mass is 9.91. The van der Waals surface area contributed by atoms with Gasteiger partial charge in [0.1, 0.15) is 0 Å². The third-order valence-corrected chi connectivity index (χ3v) is 3.62. The van der Waals surface area contributed by atoms with Gasteiger partial charge in [0.25, 0.3) is 0 Å². The summed E-state index contributed by atoms with van der Waals surface area (Å²) in [5.74, 6) is 0.984. The predicted molar refractivity (Wildman–Crippen MR) is 52.2 cm³/mol. The molecule has 2 bridgehead atoms. The maximum Gasteiger partial charge on any atom is 0.0104 e. The van der Waals surface area contributed by atoms with Gasteiger partial charge in [-0.1, -0.05) is 6.92 Å². The van der Waals surface area contributed by atoms with Crippen molar-refractivity contribution in [2.75, 3.05) is 0 Å². The molecule has 1 unspecified atom stereocenters. The lowest BCUT2D eigenvalue weighted by Crippen LogP contribution is -2.46. The van der Waals surface area contributed by atoms with E-state index in [1.807, 2.05) is 0 Å². The second-order valence-corrected chi connectivity index (χ2v) is 5.00.